The number of rotatable bonds is 3. The Morgan fingerprint density at radius 2 is 2.07 bits per heavy atom. The molecule has 7 heteroatoms. The van der Waals surface area contributed by atoms with Gasteiger partial charge in [0.15, 0.2) is 0 Å². The Hall–Kier alpha value is -1.11. The van der Waals surface area contributed by atoms with Gasteiger partial charge in [0.25, 0.3) is 0 Å². The second-order valence-electron chi connectivity index (χ2n) is 3.16. The maximum absolute atomic E-state index is 12.4. The van der Waals surface area contributed by atoms with Crippen molar-refractivity contribution in [2.45, 2.75) is 39.1 Å². The summed E-state index contributed by atoms with van der Waals surface area (Å²) in [5.74, 6) is 0. The zero-order valence-electron chi connectivity index (χ0n) is 8.41. The van der Waals surface area contributed by atoms with Gasteiger partial charge in [-0.1, -0.05) is 12.1 Å². The molecule has 0 spiro atoms. The molecule has 0 aromatic carbocycles. The third-order valence-electron chi connectivity index (χ3n) is 2.20. The first-order valence-electron chi connectivity index (χ1n) is 4.52. The van der Waals surface area contributed by atoms with Gasteiger partial charge < -0.3 is 5.11 Å². The van der Waals surface area contributed by atoms with Gasteiger partial charge in [0, 0.05) is 0 Å². The first-order chi connectivity index (χ1) is 6.91. The first kappa shape index (κ1) is 12.0. The Morgan fingerprint density at radius 3 is 2.47 bits per heavy atom. The smallest absolute Gasteiger partial charge is 0.390 e. The molecule has 86 valence electrons. The molecule has 1 rings (SSSR count). The van der Waals surface area contributed by atoms with E-state index < -0.39 is 18.8 Å². The van der Waals surface area contributed by atoms with Crippen molar-refractivity contribution in [1.29, 1.82) is 0 Å². The minimum atomic E-state index is -4.36. The highest BCUT2D eigenvalue weighted by molar-refractivity contribution is 5.09. The molecular formula is C8H12F3N3O. The molecule has 0 bridgehead atoms. The highest BCUT2D eigenvalue weighted by Crippen LogP contribution is 2.30. The number of aromatic nitrogens is 3. The standard InChI is InChI=1S/C8H12F3N3O/c1-3-7-6(4-15)12-13-14(7)5(2)8(9,10)11/h5,15H,3-4H2,1-2H3. The third kappa shape index (κ3) is 2.28. The van der Waals surface area contributed by atoms with Crippen molar-refractivity contribution in [2.75, 3.05) is 0 Å². The number of hydrogen-bond acceptors (Lipinski definition) is 3. The molecule has 0 aliphatic heterocycles. The number of halogens is 3. The Bertz CT molecular complexity index is 334. The highest BCUT2D eigenvalue weighted by atomic mass is 19.4. The lowest BCUT2D eigenvalue weighted by molar-refractivity contribution is -0.166. The number of aliphatic hydroxyl groups excluding tert-OH is 1. The molecule has 0 aliphatic rings. The molecule has 1 heterocycles. The minimum Gasteiger partial charge on any atom is -0.390 e. The zero-order chi connectivity index (χ0) is 11.6. The summed E-state index contributed by atoms with van der Waals surface area (Å²) < 4.78 is 38.1. The molecule has 0 fully saturated rings. The molecule has 1 aromatic rings. The Morgan fingerprint density at radius 1 is 1.47 bits per heavy atom. The number of aliphatic hydroxyl groups is 1. The molecule has 0 amide bonds. The van der Waals surface area contributed by atoms with Gasteiger partial charge in [-0.25, -0.2) is 4.68 Å². The predicted molar refractivity (Wildman–Crippen MR) is 46.1 cm³/mol. The summed E-state index contributed by atoms with van der Waals surface area (Å²) in [5, 5.41) is 15.8. The molecule has 1 unspecified atom stereocenters. The van der Waals surface area contributed by atoms with Gasteiger partial charge >= 0.3 is 6.18 Å². The average molecular weight is 223 g/mol. The van der Waals surface area contributed by atoms with Crippen molar-refractivity contribution < 1.29 is 18.3 Å². The van der Waals surface area contributed by atoms with Crippen LogP contribution in [0, 0.1) is 0 Å². The fourth-order valence-electron chi connectivity index (χ4n) is 1.28. The van der Waals surface area contributed by atoms with Gasteiger partial charge in [-0.3, -0.25) is 0 Å². The van der Waals surface area contributed by atoms with Crippen molar-refractivity contribution >= 4 is 0 Å². The third-order valence-corrected chi connectivity index (χ3v) is 2.20. The van der Waals surface area contributed by atoms with Gasteiger partial charge in [-0.05, 0) is 13.3 Å². The van der Waals surface area contributed by atoms with Gasteiger partial charge in [0.1, 0.15) is 11.7 Å². The van der Waals surface area contributed by atoms with Crippen LogP contribution < -0.4 is 0 Å². The van der Waals surface area contributed by atoms with Crippen LogP contribution in [0.15, 0.2) is 0 Å². The molecular weight excluding hydrogens is 211 g/mol. The van der Waals surface area contributed by atoms with Crippen LogP contribution in [0.1, 0.15) is 31.3 Å². The Labute approximate surface area is 84.7 Å². The number of alkyl halides is 3. The lowest BCUT2D eigenvalue weighted by Gasteiger charge is -2.17. The van der Waals surface area contributed by atoms with Crippen molar-refractivity contribution in [1.82, 2.24) is 15.0 Å². The van der Waals surface area contributed by atoms with E-state index in [1.807, 2.05) is 0 Å². The van der Waals surface area contributed by atoms with E-state index in [4.69, 9.17) is 5.11 Å². The van der Waals surface area contributed by atoms with Crippen molar-refractivity contribution in [3.8, 4) is 0 Å². The largest absolute Gasteiger partial charge is 0.410 e. The van der Waals surface area contributed by atoms with E-state index in [9.17, 15) is 13.2 Å². The molecule has 0 aliphatic carbocycles. The summed E-state index contributed by atoms with van der Waals surface area (Å²) in [4.78, 5) is 0. The van der Waals surface area contributed by atoms with E-state index in [2.05, 4.69) is 10.3 Å². The molecule has 1 N–H and O–H groups in total. The van der Waals surface area contributed by atoms with Crippen LogP contribution in [0.3, 0.4) is 0 Å². The van der Waals surface area contributed by atoms with E-state index in [1.165, 1.54) is 0 Å². The maximum Gasteiger partial charge on any atom is 0.410 e. The summed E-state index contributed by atoms with van der Waals surface area (Å²) in [6.45, 7) is 2.31. The zero-order valence-corrected chi connectivity index (χ0v) is 8.41. The Balaban J connectivity index is 3.09. The molecule has 1 aromatic heterocycles. The van der Waals surface area contributed by atoms with Crippen LogP contribution in [0.25, 0.3) is 0 Å². The van der Waals surface area contributed by atoms with Crippen molar-refractivity contribution in [3.05, 3.63) is 11.4 Å². The minimum absolute atomic E-state index is 0.202. The summed E-state index contributed by atoms with van der Waals surface area (Å²) in [5.41, 5.74) is 0.524. The topological polar surface area (TPSA) is 50.9 Å². The second kappa shape index (κ2) is 4.18. The summed E-state index contributed by atoms with van der Waals surface area (Å²) in [7, 11) is 0. The van der Waals surface area contributed by atoms with E-state index in [1.54, 1.807) is 6.92 Å². The van der Waals surface area contributed by atoms with Gasteiger partial charge in [0.05, 0.1) is 12.3 Å². The van der Waals surface area contributed by atoms with Gasteiger partial charge in [-0.15, -0.1) is 5.10 Å². The van der Waals surface area contributed by atoms with E-state index in [0.29, 0.717) is 12.1 Å². The highest BCUT2D eigenvalue weighted by Gasteiger charge is 2.39. The molecule has 0 saturated heterocycles. The summed E-state index contributed by atoms with van der Waals surface area (Å²) in [6.07, 6.45) is -4.01. The van der Waals surface area contributed by atoms with Crippen LogP contribution in [-0.4, -0.2) is 26.3 Å². The van der Waals surface area contributed by atoms with Crippen LogP contribution in [0.2, 0.25) is 0 Å². The van der Waals surface area contributed by atoms with Crippen molar-refractivity contribution in [2.24, 2.45) is 0 Å². The Kier molecular flexibility index (Phi) is 3.33. The van der Waals surface area contributed by atoms with Crippen LogP contribution >= 0.6 is 0 Å². The summed E-state index contributed by atoms with van der Waals surface area (Å²) in [6, 6.07) is -1.72. The van der Waals surface area contributed by atoms with Gasteiger partial charge in [0.2, 0.25) is 0 Å². The quantitative estimate of drug-likeness (QED) is 0.843. The lowest BCUT2D eigenvalue weighted by atomic mass is 10.2. The van der Waals surface area contributed by atoms with Crippen LogP contribution in [0.4, 0.5) is 13.2 Å². The van der Waals surface area contributed by atoms with E-state index in [0.717, 1.165) is 11.6 Å². The normalized spacial score (nSPS) is 14.3. The molecule has 0 radical (unpaired) electrons. The van der Waals surface area contributed by atoms with Crippen LogP contribution in [-0.2, 0) is 13.0 Å². The molecule has 1 atom stereocenters. The molecule has 15 heavy (non-hydrogen) atoms. The molecule has 0 saturated carbocycles. The molecule has 4 nitrogen and oxygen atoms in total. The average Bonchev–Trinajstić information content (AvgIpc) is 2.57. The fourth-order valence-corrected chi connectivity index (χ4v) is 1.28. The monoisotopic (exact) mass is 223 g/mol. The second-order valence-corrected chi connectivity index (χ2v) is 3.16. The van der Waals surface area contributed by atoms with E-state index >= 15 is 0 Å². The first-order valence-corrected chi connectivity index (χ1v) is 4.52. The fraction of sp³-hybridized carbons (Fsp3) is 0.750. The predicted octanol–water partition coefficient (Wildman–Crippen LogP) is 1.46. The van der Waals surface area contributed by atoms with E-state index in [-0.39, 0.29) is 5.69 Å². The lowest BCUT2D eigenvalue weighted by Crippen LogP contribution is -2.26. The summed E-state index contributed by atoms with van der Waals surface area (Å²) >= 11 is 0. The maximum atomic E-state index is 12.4. The van der Waals surface area contributed by atoms with Gasteiger partial charge in [-0.2, -0.15) is 13.2 Å². The SMILES string of the molecule is CCc1c(CO)nnn1C(C)C(F)(F)F. The number of hydrogen-bond donors (Lipinski definition) is 1. The van der Waals surface area contributed by atoms with Crippen molar-refractivity contribution in [3.63, 3.8) is 0 Å². The van der Waals surface area contributed by atoms with Crippen LogP contribution in [0.5, 0.6) is 0 Å². The number of nitrogens with zero attached hydrogens (tertiary/aromatic N) is 3.